The predicted molar refractivity (Wildman–Crippen MR) is 96.7 cm³/mol. The smallest absolute Gasteiger partial charge is 0.416 e. The first-order valence-electron chi connectivity index (χ1n) is 9.04. The van der Waals surface area contributed by atoms with Gasteiger partial charge in [0, 0.05) is 32.2 Å². The molecule has 0 unspecified atom stereocenters. The Morgan fingerprint density at radius 3 is 2.78 bits per heavy atom. The van der Waals surface area contributed by atoms with Crippen LogP contribution in [-0.4, -0.2) is 54.6 Å². The third kappa shape index (κ3) is 4.17. The minimum Gasteiger partial charge on any atom is -0.462 e. The summed E-state index contributed by atoms with van der Waals surface area (Å²) in [4.78, 5) is 16.3. The Kier molecular flexibility index (Phi) is 5.88. The monoisotopic (exact) mass is 405 g/mol. The third-order valence-corrected chi connectivity index (χ3v) is 5.69. The summed E-state index contributed by atoms with van der Waals surface area (Å²) < 4.78 is 45.8. The van der Waals surface area contributed by atoms with E-state index in [1.54, 1.807) is 6.92 Å². The average molecular weight is 406 g/mol. The van der Waals surface area contributed by atoms with E-state index in [-0.39, 0.29) is 35.0 Å². The number of alkyl halides is 3. The highest BCUT2D eigenvalue weighted by Crippen LogP contribution is 2.40. The predicted octanol–water partition coefficient (Wildman–Crippen LogP) is 3.40. The number of esters is 1. The number of ether oxygens (including phenoxy) is 1. The van der Waals surface area contributed by atoms with E-state index in [2.05, 4.69) is 4.90 Å². The van der Waals surface area contributed by atoms with Crippen LogP contribution in [0.1, 0.15) is 41.3 Å². The van der Waals surface area contributed by atoms with Crippen LogP contribution in [0.25, 0.3) is 0 Å². The molecule has 2 heterocycles. The molecular weight excluding hydrogens is 383 g/mol. The summed E-state index contributed by atoms with van der Waals surface area (Å²) in [5.41, 5.74) is 4.36. The number of halogens is 4. The molecule has 0 amide bonds. The van der Waals surface area contributed by atoms with Crippen LogP contribution >= 0.6 is 11.6 Å². The molecule has 0 saturated carbocycles. The number of benzene rings is 1. The van der Waals surface area contributed by atoms with Gasteiger partial charge in [-0.2, -0.15) is 13.2 Å². The van der Waals surface area contributed by atoms with Crippen molar-refractivity contribution in [3.05, 3.63) is 27.8 Å². The summed E-state index contributed by atoms with van der Waals surface area (Å²) in [6.45, 7) is 4.90. The van der Waals surface area contributed by atoms with Gasteiger partial charge in [0.1, 0.15) is 0 Å². The molecule has 2 saturated heterocycles. The van der Waals surface area contributed by atoms with Crippen LogP contribution in [0.4, 0.5) is 18.9 Å². The molecular formula is C18H23ClF3N3O2. The molecule has 1 atom stereocenters. The number of hydrogen-bond donors (Lipinski definition) is 1. The summed E-state index contributed by atoms with van der Waals surface area (Å²) in [5.74, 6) is -0.909. The quantitative estimate of drug-likeness (QED) is 0.614. The van der Waals surface area contributed by atoms with Crippen LogP contribution in [-0.2, 0) is 17.5 Å². The lowest BCUT2D eigenvalue weighted by Crippen LogP contribution is -2.49. The average Bonchev–Trinajstić information content (AvgIpc) is 3.06. The van der Waals surface area contributed by atoms with Crippen molar-refractivity contribution in [2.75, 3.05) is 38.5 Å². The Morgan fingerprint density at radius 2 is 2.11 bits per heavy atom. The van der Waals surface area contributed by atoms with E-state index in [0.717, 1.165) is 32.0 Å². The van der Waals surface area contributed by atoms with Gasteiger partial charge in [-0.15, -0.1) is 0 Å². The molecule has 0 bridgehead atoms. The number of nitrogens with two attached hydrogens (primary N) is 1. The third-order valence-electron chi connectivity index (χ3n) is 5.26. The number of nitrogens with zero attached hydrogens (tertiary/aromatic N) is 2. The van der Waals surface area contributed by atoms with Crippen molar-refractivity contribution in [2.45, 2.75) is 38.5 Å². The van der Waals surface area contributed by atoms with Gasteiger partial charge in [-0.1, -0.05) is 11.6 Å². The lowest BCUT2D eigenvalue weighted by molar-refractivity contribution is -0.138. The second-order valence-electron chi connectivity index (χ2n) is 6.96. The van der Waals surface area contributed by atoms with Crippen molar-refractivity contribution < 1.29 is 22.7 Å². The Bertz CT molecular complexity index is 727. The Hall–Kier alpha value is -1.51. The Morgan fingerprint density at radius 1 is 1.37 bits per heavy atom. The summed E-state index contributed by atoms with van der Waals surface area (Å²) in [6, 6.07) is 1.14. The first-order valence-corrected chi connectivity index (χ1v) is 9.41. The highest BCUT2D eigenvalue weighted by Gasteiger charge is 2.38. The fraction of sp³-hybridized carbons (Fsp3) is 0.611. The molecule has 27 heavy (non-hydrogen) atoms. The molecule has 0 radical (unpaired) electrons. The second kappa shape index (κ2) is 7.85. The lowest BCUT2D eigenvalue weighted by Gasteiger charge is -2.38. The summed E-state index contributed by atoms with van der Waals surface area (Å²) in [6.07, 6.45) is -2.47. The first-order chi connectivity index (χ1) is 12.7. The van der Waals surface area contributed by atoms with Crippen LogP contribution in [0.5, 0.6) is 0 Å². The van der Waals surface area contributed by atoms with Crippen LogP contribution < -0.4 is 5.73 Å². The summed E-state index contributed by atoms with van der Waals surface area (Å²) in [7, 11) is 0. The number of fused-ring (bicyclic) bond motifs is 1. The maximum absolute atomic E-state index is 13.7. The molecule has 2 fully saturated rings. The highest BCUT2D eigenvalue weighted by atomic mass is 35.5. The Balaban J connectivity index is 1.93. The topological polar surface area (TPSA) is 58.8 Å². The van der Waals surface area contributed by atoms with E-state index in [9.17, 15) is 18.0 Å². The molecule has 1 aromatic carbocycles. The zero-order valence-corrected chi connectivity index (χ0v) is 15.9. The van der Waals surface area contributed by atoms with Gasteiger partial charge in [0.25, 0.3) is 0 Å². The minimum absolute atomic E-state index is 0.0324. The van der Waals surface area contributed by atoms with E-state index in [1.165, 1.54) is 0 Å². The number of hydrogen-bond acceptors (Lipinski definition) is 5. The second-order valence-corrected chi connectivity index (χ2v) is 7.34. The van der Waals surface area contributed by atoms with E-state index in [1.807, 2.05) is 4.90 Å². The molecule has 0 spiro atoms. The largest absolute Gasteiger partial charge is 0.462 e. The van der Waals surface area contributed by atoms with Gasteiger partial charge in [-0.05, 0) is 37.9 Å². The number of carbonyl (C=O) groups is 1. The van der Waals surface area contributed by atoms with Gasteiger partial charge in [0.15, 0.2) is 0 Å². The van der Waals surface area contributed by atoms with Crippen LogP contribution in [0.3, 0.4) is 0 Å². The van der Waals surface area contributed by atoms with Gasteiger partial charge in [-0.3, -0.25) is 9.80 Å². The van der Waals surface area contributed by atoms with E-state index in [0.29, 0.717) is 19.1 Å². The molecule has 2 aliphatic heterocycles. The van der Waals surface area contributed by atoms with Crippen molar-refractivity contribution in [1.82, 2.24) is 9.80 Å². The number of anilines is 1. The fourth-order valence-electron chi connectivity index (χ4n) is 3.92. The zero-order chi connectivity index (χ0) is 19.8. The lowest BCUT2D eigenvalue weighted by atomic mass is 10.00. The van der Waals surface area contributed by atoms with Crippen molar-refractivity contribution in [1.29, 1.82) is 0 Å². The van der Waals surface area contributed by atoms with Gasteiger partial charge < -0.3 is 10.5 Å². The molecule has 5 nitrogen and oxygen atoms in total. The number of piperazine rings is 1. The summed E-state index contributed by atoms with van der Waals surface area (Å²) >= 11 is 6.21. The maximum atomic E-state index is 13.7. The first kappa shape index (κ1) is 20.2. The van der Waals surface area contributed by atoms with E-state index >= 15 is 0 Å². The Labute approximate surface area is 161 Å². The standard InChI is InChI=1S/C18H23ClF3N3O2/c1-2-27-17(26)12-8-14(18(20,21)22)13(15(19)16(12)23)10-24-6-7-25-5-3-4-11(25)9-24/h8,11H,2-7,9-10,23H2,1H3/t11-/m1/s1. The van der Waals surface area contributed by atoms with Gasteiger partial charge in [-0.25, -0.2) is 4.79 Å². The molecule has 0 aliphatic carbocycles. The van der Waals surface area contributed by atoms with Gasteiger partial charge >= 0.3 is 12.1 Å². The van der Waals surface area contributed by atoms with Crippen LogP contribution in [0, 0.1) is 0 Å². The fourth-order valence-corrected chi connectivity index (χ4v) is 4.18. The zero-order valence-electron chi connectivity index (χ0n) is 15.1. The number of rotatable bonds is 4. The van der Waals surface area contributed by atoms with Crippen molar-refractivity contribution in [3.8, 4) is 0 Å². The van der Waals surface area contributed by atoms with Gasteiger partial charge in [0.05, 0.1) is 28.4 Å². The number of nitrogen functional groups attached to an aromatic ring is 1. The molecule has 9 heteroatoms. The van der Waals surface area contributed by atoms with Gasteiger partial charge in [0.2, 0.25) is 0 Å². The number of carbonyl (C=O) groups excluding carboxylic acids is 1. The summed E-state index contributed by atoms with van der Waals surface area (Å²) in [5, 5.41) is -0.221. The molecule has 0 aromatic heterocycles. The highest BCUT2D eigenvalue weighted by molar-refractivity contribution is 6.34. The molecule has 1 aromatic rings. The van der Waals surface area contributed by atoms with E-state index in [4.69, 9.17) is 22.1 Å². The maximum Gasteiger partial charge on any atom is 0.416 e. The molecule has 150 valence electrons. The minimum atomic E-state index is -4.65. The molecule has 2 N–H and O–H groups in total. The van der Waals surface area contributed by atoms with Crippen LogP contribution in [0.2, 0.25) is 5.02 Å². The molecule has 2 aliphatic rings. The van der Waals surface area contributed by atoms with Crippen molar-refractivity contribution in [3.63, 3.8) is 0 Å². The van der Waals surface area contributed by atoms with Crippen molar-refractivity contribution >= 4 is 23.3 Å². The normalized spacial score (nSPS) is 21.3. The SMILES string of the molecule is CCOC(=O)c1cc(C(F)(F)F)c(CN2CCN3CCC[C@@H]3C2)c(Cl)c1N. The van der Waals surface area contributed by atoms with Crippen LogP contribution in [0.15, 0.2) is 6.07 Å². The van der Waals surface area contributed by atoms with Crippen molar-refractivity contribution in [2.24, 2.45) is 0 Å². The molecule has 3 rings (SSSR count). The van der Waals surface area contributed by atoms with E-state index < -0.39 is 17.7 Å².